The smallest absolute Gasteiger partial charge is 0.262 e. The summed E-state index contributed by atoms with van der Waals surface area (Å²) in [6.45, 7) is 3.17. The fourth-order valence-electron chi connectivity index (χ4n) is 5.50. The lowest BCUT2D eigenvalue weighted by Gasteiger charge is -2.53. The highest BCUT2D eigenvalue weighted by Gasteiger charge is 2.49. The number of nitrogens with zero attached hydrogens (tertiary/aromatic N) is 3. The summed E-state index contributed by atoms with van der Waals surface area (Å²) < 4.78 is 26.5. The largest absolute Gasteiger partial charge is 0.466 e. The summed E-state index contributed by atoms with van der Waals surface area (Å²) in [6, 6.07) is 5.70. The minimum atomic E-state index is -0.296. The lowest BCUT2D eigenvalue weighted by molar-refractivity contribution is -0.165. The first-order chi connectivity index (χ1) is 16.9. The number of ether oxygens (including phenoxy) is 2. The fourth-order valence-corrected chi connectivity index (χ4v) is 5.50. The molecule has 35 heavy (non-hydrogen) atoms. The Hall–Kier alpha value is -3.17. The molecule has 182 valence electrons. The van der Waals surface area contributed by atoms with E-state index in [0.717, 1.165) is 48.9 Å². The summed E-state index contributed by atoms with van der Waals surface area (Å²) in [5.74, 6) is -0.00789. The van der Waals surface area contributed by atoms with Gasteiger partial charge in [-0.1, -0.05) is 0 Å². The van der Waals surface area contributed by atoms with E-state index in [1.54, 1.807) is 6.20 Å². The molecule has 7 rings (SSSR count). The number of carbonyl (C=O) groups is 1. The molecule has 0 radical (unpaired) electrons. The molecule has 0 spiro atoms. The number of anilines is 1. The Balaban J connectivity index is 1.10. The predicted molar refractivity (Wildman–Crippen MR) is 128 cm³/mol. The lowest BCUT2D eigenvalue weighted by atomic mass is 9.69. The van der Waals surface area contributed by atoms with E-state index in [2.05, 4.69) is 25.6 Å². The minimum absolute atomic E-state index is 0.0000237. The van der Waals surface area contributed by atoms with Gasteiger partial charge in [0.25, 0.3) is 5.91 Å². The summed E-state index contributed by atoms with van der Waals surface area (Å²) in [5, 5.41) is 6.50. The first kappa shape index (κ1) is 22.3. The number of halogens is 1. The molecule has 1 amide bonds. The molecular formula is C26H28FN5O3. The average Bonchev–Trinajstić information content (AvgIpc) is 2.88. The molecule has 6 heterocycles. The molecule has 3 fully saturated rings. The molecule has 3 aromatic rings. The van der Waals surface area contributed by atoms with Crippen LogP contribution in [0.25, 0.3) is 11.0 Å². The summed E-state index contributed by atoms with van der Waals surface area (Å²) in [6.07, 6.45) is 8.30. The van der Waals surface area contributed by atoms with Gasteiger partial charge in [-0.05, 0) is 69.2 Å². The Bertz CT molecular complexity index is 1280. The number of hydrogen-bond donors (Lipinski definition) is 2. The van der Waals surface area contributed by atoms with Gasteiger partial charge in [0.05, 0.1) is 29.4 Å². The molecule has 3 aliphatic heterocycles. The maximum atomic E-state index is 14.7. The second-order valence-corrected chi connectivity index (χ2v) is 10.0. The molecule has 3 aromatic heterocycles. The van der Waals surface area contributed by atoms with Crippen LogP contribution in [0.4, 0.5) is 10.1 Å². The van der Waals surface area contributed by atoms with Gasteiger partial charge in [0, 0.05) is 29.5 Å². The maximum absolute atomic E-state index is 14.7. The van der Waals surface area contributed by atoms with Crippen molar-refractivity contribution in [2.45, 2.75) is 63.1 Å². The number of rotatable bonds is 6. The van der Waals surface area contributed by atoms with Gasteiger partial charge in [0.15, 0.2) is 6.61 Å². The first-order valence-electron chi connectivity index (χ1n) is 12.1. The van der Waals surface area contributed by atoms with Gasteiger partial charge in [-0.3, -0.25) is 14.8 Å². The number of aromatic nitrogens is 3. The van der Waals surface area contributed by atoms with Gasteiger partial charge >= 0.3 is 0 Å². The number of pyridine rings is 3. The van der Waals surface area contributed by atoms with Crippen molar-refractivity contribution in [3.63, 3.8) is 0 Å². The normalized spacial score (nSPS) is 25.3. The van der Waals surface area contributed by atoms with Gasteiger partial charge < -0.3 is 20.1 Å². The van der Waals surface area contributed by atoms with Crippen LogP contribution < -0.4 is 15.4 Å². The molecule has 1 saturated carbocycles. The lowest BCUT2D eigenvalue weighted by Crippen LogP contribution is -2.61. The Morgan fingerprint density at radius 2 is 2.03 bits per heavy atom. The van der Waals surface area contributed by atoms with E-state index < -0.39 is 0 Å². The van der Waals surface area contributed by atoms with E-state index in [4.69, 9.17) is 9.47 Å². The predicted octanol–water partition coefficient (Wildman–Crippen LogP) is 3.61. The van der Waals surface area contributed by atoms with Crippen molar-refractivity contribution >= 4 is 22.6 Å². The molecule has 0 aromatic carbocycles. The number of aryl methyl sites for hydroxylation is 2. The van der Waals surface area contributed by atoms with Gasteiger partial charge in [0.1, 0.15) is 11.5 Å². The number of hydrogen-bond acceptors (Lipinski definition) is 7. The monoisotopic (exact) mass is 477 g/mol. The van der Waals surface area contributed by atoms with Crippen molar-refractivity contribution in [2.75, 3.05) is 18.5 Å². The van der Waals surface area contributed by atoms with E-state index in [0.29, 0.717) is 42.2 Å². The van der Waals surface area contributed by atoms with Crippen molar-refractivity contribution in [1.82, 2.24) is 20.3 Å². The van der Waals surface area contributed by atoms with E-state index in [1.807, 2.05) is 25.1 Å². The highest BCUT2D eigenvalue weighted by Crippen LogP contribution is 2.46. The van der Waals surface area contributed by atoms with Crippen molar-refractivity contribution < 1.29 is 18.7 Å². The standard InChI is InChI=1S/C26H28FN5O3/c1-16-2-3-20-23(31-16)18(19(27)13-28-20)4-5-26-8-6-25(7-9-26,15-35-26)30-12-17-10-21-24(29-11-17)34-14-22(33)32-21/h2-3,10-11,13,30H,4-9,12,14-15H2,1H3,(H,32,33). The molecule has 8 nitrogen and oxygen atoms in total. The van der Waals surface area contributed by atoms with Crippen molar-refractivity contribution in [3.05, 3.63) is 53.2 Å². The minimum Gasteiger partial charge on any atom is -0.466 e. The molecule has 0 atom stereocenters. The van der Waals surface area contributed by atoms with Crippen molar-refractivity contribution in [2.24, 2.45) is 0 Å². The molecule has 1 aliphatic carbocycles. The fraction of sp³-hybridized carbons (Fsp3) is 0.462. The molecule has 2 saturated heterocycles. The second kappa shape index (κ2) is 8.49. The number of carbonyl (C=O) groups excluding carboxylic acids is 1. The van der Waals surface area contributed by atoms with Crippen LogP contribution in [-0.4, -0.2) is 45.2 Å². The number of amides is 1. The molecule has 2 N–H and O–H groups in total. The van der Waals surface area contributed by atoms with E-state index >= 15 is 0 Å². The summed E-state index contributed by atoms with van der Waals surface area (Å²) in [4.78, 5) is 24.7. The van der Waals surface area contributed by atoms with Gasteiger partial charge in [-0.2, -0.15) is 0 Å². The highest BCUT2D eigenvalue weighted by atomic mass is 19.1. The quantitative estimate of drug-likeness (QED) is 0.560. The Labute approximate surface area is 202 Å². The SMILES string of the molecule is Cc1ccc2ncc(F)c(CCC34CCC(NCc5cnc6c(c5)NC(=O)CO6)(CC3)CO4)c2n1. The van der Waals surface area contributed by atoms with Crippen LogP contribution in [-0.2, 0) is 22.5 Å². The Morgan fingerprint density at radius 1 is 1.17 bits per heavy atom. The van der Waals surface area contributed by atoms with Crippen LogP contribution in [0.5, 0.6) is 5.88 Å². The molecule has 4 aliphatic rings. The van der Waals surface area contributed by atoms with Crippen LogP contribution in [0.1, 0.15) is 48.9 Å². The van der Waals surface area contributed by atoms with Crippen LogP contribution in [0.3, 0.4) is 0 Å². The van der Waals surface area contributed by atoms with E-state index in [9.17, 15) is 9.18 Å². The van der Waals surface area contributed by atoms with Crippen LogP contribution >= 0.6 is 0 Å². The third kappa shape index (κ3) is 4.23. The molecule has 9 heteroatoms. The van der Waals surface area contributed by atoms with Gasteiger partial charge in [0.2, 0.25) is 5.88 Å². The van der Waals surface area contributed by atoms with Crippen molar-refractivity contribution in [3.8, 4) is 5.88 Å². The van der Waals surface area contributed by atoms with Crippen LogP contribution in [0, 0.1) is 12.7 Å². The van der Waals surface area contributed by atoms with Crippen molar-refractivity contribution in [1.29, 1.82) is 0 Å². The van der Waals surface area contributed by atoms with E-state index in [-0.39, 0.29) is 29.5 Å². The van der Waals surface area contributed by atoms with Gasteiger partial charge in [-0.25, -0.2) is 9.37 Å². The zero-order chi connectivity index (χ0) is 24.0. The number of fused-ring (bicyclic) bond motifs is 5. The zero-order valence-corrected chi connectivity index (χ0v) is 19.7. The van der Waals surface area contributed by atoms with Gasteiger partial charge in [-0.15, -0.1) is 0 Å². The zero-order valence-electron chi connectivity index (χ0n) is 19.7. The summed E-state index contributed by atoms with van der Waals surface area (Å²) in [7, 11) is 0. The second-order valence-electron chi connectivity index (χ2n) is 10.0. The molecule has 2 bridgehead atoms. The first-order valence-corrected chi connectivity index (χ1v) is 12.1. The third-order valence-corrected chi connectivity index (χ3v) is 7.70. The summed E-state index contributed by atoms with van der Waals surface area (Å²) >= 11 is 0. The third-order valence-electron chi connectivity index (χ3n) is 7.70. The summed E-state index contributed by atoms with van der Waals surface area (Å²) in [5.41, 5.74) is 4.17. The molecule has 0 unspecified atom stereocenters. The Morgan fingerprint density at radius 3 is 2.83 bits per heavy atom. The number of nitrogens with one attached hydrogen (secondary N) is 2. The average molecular weight is 478 g/mol. The van der Waals surface area contributed by atoms with Crippen LogP contribution in [0.2, 0.25) is 0 Å². The van der Waals surface area contributed by atoms with Crippen LogP contribution in [0.15, 0.2) is 30.6 Å². The van der Waals surface area contributed by atoms with E-state index in [1.165, 1.54) is 6.20 Å². The highest BCUT2D eigenvalue weighted by molar-refractivity contribution is 5.94. The topological polar surface area (TPSA) is 98.3 Å². The maximum Gasteiger partial charge on any atom is 0.262 e. The molecular weight excluding hydrogens is 449 g/mol. The Kier molecular flexibility index (Phi) is 5.41.